The van der Waals surface area contributed by atoms with Crippen LogP contribution in [0, 0.1) is 18.3 Å². The lowest BCUT2D eigenvalue weighted by atomic mass is 9.97. The van der Waals surface area contributed by atoms with E-state index in [1.807, 2.05) is 35.1 Å². The molecule has 1 aliphatic heterocycles. The highest BCUT2D eigenvalue weighted by molar-refractivity contribution is 5.90. The first-order chi connectivity index (χ1) is 15.2. The average molecular weight is 409 g/mol. The van der Waals surface area contributed by atoms with Gasteiger partial charge in [-0.1, -0.05) is 42.0 Å². The van der Waals surface area contributed by atoms with Gasteiger partial charge in [-0.15, -0.1) is 0 Å². The lowest BCUT2D eigenvalue weighted by molar-refractivity contribution is 0.0169. The highest BCUT2D eigenvalue weighted by Crippen LogP contribution is 2.34. The molecule has 0 bridgehead atoms. The number of aromatic nitrogens is 3. The molecule has 5 rings (SSSR count). The molecule has 0 unspecified atom stereocenters. The predicted molar refractivity (Wildman–Crippen MR) is 120 cm³/mol. The van der Waals surface area contributed by atoms with E-state index in [1.165, 1.54) is 5.56 Å². The molecule has 31 heavy (non-hydrogen) atoms. The zero-order valence-corrected chi connectivity index (χ0v) is 17.4. The van der Waals surface area contributed by atoms with Crippen molar-refractivity contribution in [2.24, 2.45) is 0 Å². The Morgan fingerprint density at radius 1 is 1.13 bits per heavy atom. The molecular formula is C25H23N5O. The minimum Gasteiger partial charge on any atom is -0.374 e. The summed E-state index contributed by atoms with van der Waals surface area (Å²) in [4.78, 5) is 5.00. The van der Waals surface area contributed by atoms with Crippen LogP contribution in [0.25, 0.3) is 33.4 Å². The van der Waals surface area contributed by atoms with Crippen LogP contribution in [0.3, 0.4) is 0 Å². The summed E-state index contributed by atoms with van der Waals surface area (Å²) in [6.07, 6.45) is 1.92. The standard InChI is InChI=1S/C25H23N5O/c1-17-2-6-20(7-3-17)25-22(19-8-4-18(13-26)5-9-19)12-24-23(29-25)15-28-30(24)16-21-14-27-10-11-31-21/h2-9,12,15,21,27H,10-11,14,16H2,1H3/t21-/m0/s1. The van der Waals surface area contributed by atoms with Crippen molar-refractivity contribution in [3.8, 4) is 28.5 Å². The second kappa shape index (κ2) is 8.31. The van der Waals surface area contributed by atoms with Gasteiger partial charge in [0.05, 0.1) is 48.3 Å². The largest absolute Gasteiger partial charge is 0.374 e. The van der Waals surface area contributed by atoms with Crippen molar-refractivity contribution >= 4 is 11.0 Å². The van der Waals surface area contributed by atoms with Crippen molar-refractivity contribution in [2.45, 2.75) is 19.6 Å². The Labute approximate surface area is 181 Å². The molecule has 1 aliphatic rings. The third kappa shape index (κ3) is 3.93. The highest BCUT2D eigenvalue weighted by Gasteiger charge is 2.18. The van der Waals surface area contributed by atoms with E-state index in [2.05, 4.69) is 53.7 Å². The molecule has 3 heterocycles. The fourth-order valence-corrected chi connectivity index (χ4v) is 3.96. The lowest BCUT2D eigenvalue weighted by Gasteiger charge is -2.23. The van der Waals surface area contributed by atoms with Crippen LogP contribution in [-0.2, 0) is 11.3 Å². The Balaban J connectivity index is 1.63. The molecule has 0 saturated carbocycles. The van der Waals surface area contributed by atoms with Crippen LogP contribution in [0.2, 0.25) is 0 Å². The van der Waals surface area contributed by atoms with E-state index < -0.39 is 0 Å². The van der Waals surface area contributed by atoms with E-state index in [0.29, 0.717) is 12.1 Å². The van der Waals surface area contributed by atoms with Gasteiger partial charge >= 0.3 is 0 Å². The van der Waals surface area contributed by atoms with Gasteiger partial charge in [-0.05, 0) is 30.7 Å². The van der Waals surface area contributed by atoms with Crippen molar-refractivity contribution in [1.29, 1.82) is 5.26 Å². The van der Waals surface area contributed by atoms with Gasteiger partial charge in [-0.2, -0.15) is 10.4 Å². The van der Waals surface area contributed by atoms with E-state index in [4.69, 9.17) is 9.72 Å². The Hall–Kier alpha value is -3.53. The summed E-state index contributed by atoms with van der Waals surface area (Å²) in [5.41, 5.74) is 7.69. The maximum absolute atomic E-state index is 9.17. The molecule has 0 amide bonds. The summed E-state index contributed by atoms with van der Waals surface area (Å²) in [6.45, 7) is 5.18. The minimum atomic E-state index is 0.0898. The maximum atomic E-state index is 9.17. The zero-order valence-electron chi connectivity index (χ0n) is 17.4. The number of nitrogens with one attached hydrogen (secondary N) is 1. The Bertz CT molecular complexity index is 1250. The zero-order chi connectivity index (χ0) is 21.2. The van der Waals surface area contributed by atoms with Gasteiger partial charge in [-0.25, -0.2) is 4.98 Å². The molecule has 6 heteroatoms. The van der Waals surface area contributed by atoms with E-state index in [-0.39, 0.29) is 6.10 Å². The molecule has 154 valence electrons. The number of morpholine rings is 1. The van der Waals surface area contributed by atoms with Crippen LogP contribution in [-0.4, -0.2) is 40.6 Å². The van der Waals surface area contributed by atoms with Crippen molar-refractivity contribution < 1.29 is 4.74 Å². The molecular weight excluding hydrogens is 386 g/mol. The number of rotatable bonds is 4. The SMILES string of the molecule is Cc1ccc(-c2nc3cnn(C[C@@H]4CNCCO4)c3cc2-c2ccc(C#N)cc2)cc1. The highest BCUT2D eigenvalue weighted by atomic mass is 16.5. The number of nitrogens with zero attached hydrogens (tertiary/aromatic N) is 4. The number of nitriles is 1. The Morgan fingerprint density at radius 2 is 1.90 bits per heavy atom. The topological polar surface area (TPSA) is 75.8 Å². The second-order valence-electron chi connectivity index (χ2n) is 7.87. The third-order valence-electron chi connectivity index (χ3n) is 5.66. The Kier molecular flexibility index (Phi) is 5.21. The van der Waals surface area contributed by atoms with Crippen LogP contribution in [0.5, 0.6) is 0 Å². The summed E-state index contributed by atoms with van der Waals surface area (Å²) in [5, 5.41) is 17.1. The molecule has 1 N–H and O–H groups in total. The molecule has 0 radical (unpaired) electrons. The number of pyridine rings is 1. The average Bonchev–Trinajstić information content (AvgIpc) is 3.21. The fourth-order valence-electron chi connectivity index (χ4n) is 3.96. The summed E-state index contributed by atoms with van der Waals surface area (Å²) in [5.74, 6) is 0. The van der Waals surface area contributed by atoms with Gasteiger partial charge in [0.25, 0.3) is 0 Å². The van der Waals surface area contributed by atoms with Crippen LogP contribution in [0.4, 0.5) is 0 Å². The first-order valence-corrected chi connectivity index (χ1v) is 10.5. The van der Waals surface area contributed by atoms with Gasteiger partial charge in [0, 0.05) is 24.2 Å². The summed E-state index contributed by atoms with van der Waals surface area (Å²) in [6, 6.07) is 20.4. The van der Waals surface area contributed by atoms with Crippen molar-refractivity contribution in [3.63, 3.8) is 0 Å². The third-order valence-corrected chi connectivity index (χ3v) is 5.66. The number of ether oxygens (including phenoxy) is 1. The molecule has 1 fully saturated rings. The van der Waals surface area contributed by atoms with E-state index in [9.17, 15) is 5.26 Å². The van der Waals surface area contributed by atoms with Crippen LogP contribution in [0.1, 0.15) is 11.1 Å². The van der Waals surface area contributed by atoms with Crippen LogP contribution < -0.4 is 5.32 Å². The minimum absolute atomic E-state index is 0.0898. The first kappa shape index (κ1) is 19.4. The van der Waals surface area contributed by atoms with Crippen LogP contribution in [0.15, 0.2) is 60.8 Å². The van der Waals surface area contributed by atoms with E-state index >= 15 is 0 Å². The quantitative estimate of drug-likeness (QED) is 0.553. The number of fused-ring (bicyclic) bond motifs is 1. The predicted octanol–water partition coefficient (Wildman–Crippen LogP) is 3.93. The van der Waals surface area contributed by atoms with Gasteiger partial charge in [0.15, 0.2) is 0 Å². The molecule has 1 saturated heterocycles. The molecule has 2 aromatic heterocycles. The molecule has 0 aliphatic carbocycles. The fraction of sp³-hybridized carbons (Fsp3) is 0.240. The van der Waals surface area contributed by atoms with Gasteiger partial charge in [-0.3, -0.25) is 4.68 Å². The second-order valence-corrected chi connectivity index (χ2v) is 7.87. The van der Waals surface area contributed by atoms with Crippen molar-refractivity contribution in [3.05, 3.63) is 71.9 Å². The summed E-state index contributed by atoms with van der Waals surface area (Å²) >= 11 is 0. The van der Waals surface area contributed by atoms with E-state index in [0.717, 1.165) is 53.1 Å². The maximum Gasteiger partial charge on any atom is 0.109 e. The monoisotopic (exact) mass is 409 g/mol. The smallest absolute Gasteiger partial charge is 0.109 e. The van der Waals surface area contributed by atoms with Crippen LogP contribution >= 0.6 is 0 Å². The summed E-state index contributed by atoms with van der Waals surface area (Å²) < 4.78 is 7.85. The van der Waals surface area contributed by atoms with Crippen molar-refractivity contribution in [2.75, 3.05) is 19.7 Å². The molecule has 0 spiro atoms. The number of hydrogen-bond donors (Lipinski definition) is 1. The molecule has 4 aromatic rings. The van der Waals surface area contributed by atoms with Gasteiger partial charge in [0.1, 0.15) is 5.52 Å². The summed E-state index contributed by atoms with van der Waals surface area (Å²) in [7, 11) is 0. The molecule has 2 aromatic carbocycles. The molecule has 1 atom stereocenters. The number of hydrogen-bond acceptors (Lipinski definition) is 5. The van der Waals surface area contributed by atoms with Crippen molar-refractivity contribution in [1.82, 2.24) is 20.1 Å². The molecule has 6 nitrogen and oxygen atoms in total. The normalized spacial score (nSPS) is 16.3. The first-order valence-electron chi connectivity index (χ1n) is 10.5. The Morgan fingerprint density at radius 3 is 2.61 bits per heavy atom. The van der Waals surface area contributed by atoms with E-state index in [1.54, 1.807) is 0 Å². The van der Waals surface area contributed by atoms with Gasteiger partial charge in [0.2, 0.25) is 0 Å². The lowest BCUT2D eigenvalue weighted by Crippen LogP contribution is -2.40. The van der Waals surface area contributed by atoms with Gasteiger partial charge < -0.3 is 10.1 Å². The number of aryl methyl sites for hydroxylation is 1. The number of benzene rings is 2.